The summed E-state index contributed by atoms with van der Waals surface area (Å²) in [6.07, 6.45) is 0.304. The molecular weight excluding hydrogens is 220 g/mol. The van der Waals surface area contributed by atoms with Gasteiger partial charge in [0.25, 0.3) is 5.97 Å². The topological polar surface area (TPSA) is 114 Å². The summed E-state index contributed by atoms with van der Waals surface area (Å²) in [5.41, 5.74) is 7.67. The molecule has 0 spiro atoms. The summed E-state index contributed by atoms with van der Waals surface area (Å²) in [7, 11) is 0. The lowest BCUT2D eigenvalue weighted by molar-refractivity contribution is -0.138. The Morgan fingerprint density at radius 2 is 2.13 bits per heavy atom. The SMILES string of the molecule is CC(=O)O.NC(Cc1cscn1)C(=O)O. The number of carboxylic acids is 2. The molecular formula is C8H12N2O4S. The van der Waals surface area contributed by atoms with Crippen molar-refractivity contribution in [2.45, 2.75) is 19.4 Å². The first-order chi connectivity index (χ1) is 6.93. The van der Waals surface area contributed by atoms with E-state index in [0.29, 0.717) is 6.42 Å². The molecule has 84 valence electrons. The van der Waals surface area contributed by atoms with Crippen LogP contribution in [0.1, 0.15) is 12.6 Å². The van der Waals surface area contributed by atoms with Crippen LogP contribution in [0.15, 0.2) is 10.9 Å². The minimum atomic E-state index is -0.988. The first-order valence-electron chi connectivity index (χ1n) is 3.98. The standard InChI is InChI=1S/C6H8N2O2S.C2H4O2/c7-5(6(9)10)1-4-2-11-3-8-4;1-2(3)4/h2-3,5H,1,7H2,(H,9,10);1H3,(H,3,4). The van der Waals surface area contributed by atoms with Crippen molar-refractivity contribution in [2.75, 3.05) is 0 Å². The Morgan fingerprint density at radius 1 is 1.60 bits per heavy atom. The van der Waals surface area contributed by atoms with Gasteiger partial charge in [-0.15, -0.1) is 11.3 Å². The molecule has 0 fully saturated rings. The summed E-state index contributed by atoms with van der Waals surface area (Å²) in [5, 5.41) is 17.6. The lowest BCUT2D eigenvalue weighted by Gasteiger charge is -2.01. The van der Waals surface area contributed by atoms with Crippen molar-refractivity contribution in [3.8, 4) is 0 Å². The third-order valence-electron chi connectivity index (χ3n) is 1.23. The van der Waals surface area contributed by atoms with Crippen LogP contribution in [0.5, 0.6) is 0 Å². The Kier molecular flexibility index (Phi) is 6.23. The number of rotatable bonds is 3. The first-order valence-corrected chi connectivity index (χ1v) is 4.92. The highest BCUT2D eigenvalue weighted by atomic mass is 32.1. The van der Waals surface area contributed by atoms with Gasteiger partial charge in [0.15, 0.2) is 0 Å². The van der Waals surface area contributed by atoms with E-state index in [1.54, 1.807) is 10.9 Å². The summed E-state index contributed by atoms with van der Waals surface area (Å²) in [6.45, 7) is 1.08. The highest BCUT2D eigenvalue weighted by Gasteiger charge is 2.12. The average molecular weight is 232 g/mol. The fraction of sp³-hybridized carbons (Fsp3) is 0.375. The normalized spacial score (nSPS) is 11.1. The zero-order chi connectivity index (χ0) is 11.8. The Hall–Kier alpha value is -1.47. The third-order valence-corrected chi connectivity index (χ3v) is 1.86. The average Bonchev–Trinajstić information content (AvgIpc) is 2.55. The summed E-state index contributed by atoms with van der Waals surface area (Å²) < 4.78 is 0. The molecule has 0 radical (unpaired) electrons. The number of hydrogen-bond donors (Lipinski definition) is 3. The molecule has 0 amide bonds. The third kappa shape index (κ3) is 7.59. The van der Waals surface area contributed by atoms with Crippen molar-refractivity contribution < 1.29 is 19.8 Å². The van der Waals surface area contributed by atoms with E-state index in [9.17, 15) is 4.79 Å². The van der Waals surface area contributed by atoms with Gasteiger partial charge in [0.2, 0.25) is 0 Å². The molecule has 0 bridgehead atoms. The molecule has 0 aliphatic rings. The van der Waals surface area contributed by atoms with Crippen LogP contribution in [0.3, 0.4) is 0 Å². The number of carbonyl (C=O) groups is 2. The maximum Gasteiger partial charge on any atom is 0.320 e. The van der Waals surface area contributed by atoms with E-state index >= 15 is 0 Å². The largest absolute Gasteiger partial charge is 0.481 e. The van der Waals surface area contributed by atoms with E-state index in [1.807, 2.05) is 0 Å². The van der Waals surface area contributed by atoms with Crippen LogP contribution in [0.25, 0.3) is 0 Å². The second-order valence-corrected chi connectivity index (χ2v) is 3.37. The Morgan fingerprint density at radius 3 is 2.47 bits per heavy atom. The van der Waals surface area contributed by atoms with Gasteiger partial charge < -0.3 is 15.9 Å². The fourth-order valence-electron chi connectivity index (χ4n) is 0.651. The maximum absolute atomic E-state index is 10.3. The van der Waals surface area contributed by atoms with E-state index in [4.69, 9.17) is 20.7 Å². The molecule has 1 aromatic rings. The predicted molar refractivity (Wildman–Crippen MR) is 54.7 cm³/mol. The molecule has 1 aromatic heterocycles. The van der Waals surface area contributed by atoms with Gasteiger partial charge in [-0.05, 0) is 0 Å². The van der Waals surface area contributed by atoms with Crippen molar-refractivity contribution in [1.29, 1.82) is 0 Å². The number of aliphatic carboxylic acids is 2. The molecule has 0 saturated carbocycles. The van der Waals surface area contributed by atoms with Crippen molar-refractivity contribution in [2.24, 2.45) is 5.73 Å². The van der Waals surface area contributed by atoms with E-state index in [1.165, 1.54) is 11.3 Å². The van der Waals surface area contributed by atoms with Crippen molar-refractivity contribution in [3.63, 3.8) is 0 Å². The van der Waals surface area contributed by atoms with E-state index in [-0.39, 0.29) is 0 Å². The number of nitrogens with zero attached hydrogens (tertiary/aromatic N) is 1. The van der Waals surface area contributed by atoms with Gasteiger partial charge in [-0.3, -0.25) is 9.59 Å². The van der Waals surface area contributed by atoms with Gasteiger partial charge in [-0.25, -0.2) is 4.98 Å². The second kappa shape index (κ2) is 6.91. The van der Waals surface area contributed by atoms with E-state index in [0.717, 1.165) is 12.6 Å². The zero-order valence-corrected chi connectivity index (χ0v) is 8.90. The molecule has 1 heterocycles. The van der Waals surface area contributed by atoms with Crippen molar-refractivity contribution >= 4 is 23.3 Å². The van der Waals surface area contributed by atoms with Crippen LogP contribution in [0, 0.1) is 0 Å². The van der Waals surface area contributed by atoms with Crippen LogP contribution in [0.4, 0.5) is 0 Å². The molecule has 15 heavy (non-hydrogen) atoms. The van der Waals surface area contributed by atoms with Gasteiger partial charge in [0.05, 0.1) is 11.2 Å². The highest BCUT2D eigenvalue weighted by Crippen LogP contribution is 2.03. The summed E-state index contributed by atoms with van der Waals surface area (Å²) >= 11 is 1.43. The van der Waals surface area contributed by atoms with Gasteiger partial charge in [0.1, 0.15) is 6.04 Å². The van der Waals surface area contributed by atoms with E-state index < -0.39 is 18.0 Å². The maximum atomic E-state index is 10.3. The summed E-state index contributed by atoms with van der Waals surface area (Å²) in [6, 6.07) is -0.836. The number of carboxylic acid groups (broad SMARTS) is 2. The van der Waals surface area contributed by atoms with Gasteiger partial charge >= 0.3 is 5.97 Å². The molecule has 1 unspecified atom stereocenters. The zero-order valence-electron chi connectivity index (χ0n) is 8.08. The molecule has 0 aliphatic carbocycles. The van der Waals surface area contributed by atoms with Crippen LogP contribution in [-0.2, 0) is 16.0 Å². The van der Waals surface area contributed by atoms with Gasteiger partial charge in [0, 0.05) is 18.7 Å². The molecule has 0 aromatic carbocycles. The number of nitrogens with two attached hydrogens (primary N) is 1. The molecule has 1 atom stereocenters. The van der Waals surface area contributed by atoms with Crippen LogP contribution >= 0.6 is 11.3 Å². The molecule has 1 rings (SSSR count). The first kappa shape index (κ1) is 13.5. The van der Waals surface area contributed by atoms with Crippen LogP contribution in [0.2, 0.25) is 0 Å². The quantitative estimate of drug-likeness (QED) is 0.685. The Bertz CT molecular complexity index is 308. The lowest BCUT2D eigenvalue weighted by atomic mass is 10.2. The Labute approximate surface area is 90.4 Å². The highest BCUT2D eigenvalue weighted by molar-refractivity contribution is 7.07. The minimum Gasteiger partial charge on any atom is -0.481 e. The van der Waals surface area contributed by atoms with Gasteiger partial charge in [-0.1, -0.05) is 0 Å². The predicted octanol–water partition coefficient (Wildman–Crippen LogP) is 0.188. The van der Waals surface area contributed by atoms with Crippen LogP contribution < -0.4 is 5.73 Å². The van der Waals surface area contributed by atoms with Gasteiger partial charge in [-0.2, -0.15) is 0 Å². The molecule has 7 heteroatoms. The number of hydrogen-bond acceptors (Lipinski definition) is 5. The Balaban J connectivity index is 0.000000423. The van der Waals surface area contributed by atoms with Crippen LogP contribution in [-0.4, -0.2) is 33.2 Å². The van der Waals surface area contributed by atoms with Crippen molar-refractivity contribution in [1.82, 2.24) is 4.98 Å². The molecule has 4 N–H and O–H groups in total. The molecule has 0 aliphatic heterocycles. The second-order valence-electron chi connectivity index (χ2n) is 2.65. The fourth-order valence-corrected chi connectivity index (χ4v) is 1.22. The van der Waals surface area contributed by atoms with E-state index in [2.05, 4.69) is 4.98 Å². The monoisotopic (exact) mass is 232 g/mol. The number of thiazole rings is 1. The lowest BCUT2D eigenvalue weighted by Crippen LogP contribution is -2.32. The molecule has 0 saturated heterocycles. The smallest absolute Gasteiger partial charge is 0.320 e. The summed E-state index contributed by atoms with van der Waals surface area (Å²) in [4.78, 5) is 23.2. The summed E-state index contributed by atoms with van der Waals surface area (Å²) in [5.74, 6) is -1.82. The van der Waals surface area contributed by atoms with Crippen molar-refractivity contribution in [3.05, 3.63) is 16.6 Å². The number of aromatic nitrogens is 1. The minimum absolute atomic E-state index is 0.304. The molecule has 6 nitrogen and oxygen atoms in total.